The zero-order valence-electron chi connectivity index (χ0n) is 14.6. The first-order valence-electron chi connectivity index (χ1n) is 8.13. The number of fused-ring (bicyclic) bond motifs is 1. The highest BCUT2D eigenvalue weighted by Gasteiger charge is 2.15. The number of aromatic nitrogens is 3. The summed E-state index contributed by atoms with van der Waals surface area (Å²) >= 11 is 3.01. The van der Waals surface area contributed by atoms with Crippen LogP contribution in [0.3, 0.4) is 0 Å². The van der Waals surface area contributed by atoms with Crippen LogP contribution in [0.5, 0.6) is 0 Å². The summed E-state index contributed by atoms with van der Waals surface area (Å²) < 4.78 is 11.7. The standard InChI is InChI=1S/C18H15N3O4S2/c1-10-11(2)27-17-16(10)18(23)21(9-19-17)7-15(22)24-8-12-6-13(25-20-12)14-4-3-5-26-14/h3-6,9H,7-8H2,1-2H3. The molecule has 4 aromatic heterocycles. The molecule has 0 aliphatic carbocycles. The SMILES string of the molecule is Cc1sc2ncn(CC(=O)OCc3cc(-c4cccs4)on3)c(=O)c2c1C. The van der Waals surface area contributed by atoms with Gasteiger partial charge in [0, 0.05) is 10.9 Å². The summed E-state index contributed by atoms with van der Waals surface area (Å²) in [7, 11) is 0. The van der Waals surface area contributed by atoms with Crippen molar-refractivity contribution in [3.05, 3.63) is 56.4 Å². The van der Waals surface area contributed by atoms with Gasteiger partial charge in [-0.2, -0.15) is 0 Å². The molecule has 0 saturated heterocycles. The third kappa shape index (κ3) is 3.43. The number of thiophene rings is 2. The monoisotopic (exact) mass is 401 g/mol. The average Bonchev–Trinajstić information content (AvgIpc) is 3.37. The van der Waals surface area contributed by atoms with Crippen LogP contribution in [0.1, 0.15) is 16.1 Å². The molecule has 0 fully saturated rings. The predicted molar refractivity (Wildman–Crippen MR) is 103 cm³/mol. The van der Waals surface area contributed by atoms with Crippen LogP contribution in [0.15, 0.2) is 39.2 Å². The minimum Gasteiger partial charge on any atom is -0.458 e. The highest BCUT2D eigenvalue weighted by Crippen LogP contribution is 2.26. The van der Waals surface area contributed by atoms with Crippen molar-refractivity contribution in [1.82, 2.24) is 14.7 Å². The van der Waals surface area contributed by atoms with E-state index in [1.54, 1.807) is 6.07 Å². The molecule has 0 atom stereocenters. The van der Waals surface area contributed by atoms with Crippen molar-refractivity contribution < 1.29 is 14.1 Å². The van der Waals surface area contributed by atoms with Gasteiger partial charge in [0.15, 0.2) is 5.76 Å². The van der Waals surface area contributed by atoms with Gasteiger partial charge < -0.3 is 9.26 Å². The van der Waals surface area contributed by atoms with Gasteiger partial charge in [0.05, 0.1) is 16.6 Å². The summed E-state index contributed by atoms with van der Waals surface area (Å²) in [4.78, 5) is 31.7. The molecular weight excluding hydrogens is 386 g/mol. The molecule has 0 aliphatic rings. The van der Waals surface area contributed by atoms with Crippen LogP contribution in [0.4, 0.5) is 0 Å². The lowest BCUT2D eigenvalue weighted by molar-refractivity contribution is -0.145. The van der Waals surface area contributed by atoms with E-state index in [9.17, 15) is 9.59 Å². The maximum atomic E-state index is 12.6. The molecule has 0 aliphatic heterocycles. The van der Waals surface area contributed by atoms with Gasteiger partial charge >= 0.3 is 5.97 Å². The number of rotatable bonds is 5. The fourth-order valence-electron chi connectivity index (χ4n) is 2.64. The number of hydrogen-bond acceptors (Lipinski definition) is 8. The van der Waals surface area contributed by atoms with Crippen molar-refractivity contribution in [3.8, 4) is 10.6 Å². The zero-order chi connectivity index (χ0) is 19.0. The van der Waals surface area contributed by atoms with Gasteiger partial charge in [-0.15, -0.1) is 22.7 Å². The Kier molecular flexibility index (Phi) is 4.63. The van der Waals surface area contributed by atoms with Crippen LogP contribution >= 0.6 is 22.7 Å². The summed E-state index contributed by atoms with van der Waals surface area (Å²) in [5, 5.41) is 6.40. The van der Waals surface area contributed by atoms with E-state index in [0.29, 0.717) is 21.7 Å². The molecule has 0 aromatic carbocycles. The minimum atomic E-state index is -0.538. The molecule has 7 nitrogen and oxygen atoms in total. The van der Waals surface area contributed by atoms with Crippen LogP contribution in [0, 0.1) is 13.8 Å². The molecule has 4 heterocycles. The third-order valence-corrected chi connectivity index (χ3v) is 6.16. The van der Waals surface area contributed by atoms with Crippen molar-refractivity contribution in [2.24, 2.45) is 0 Å². The van der Waals surface area contributed by atoms with Crippen molar-refractivity contribution in [2.45, 2.75) is 27.0 Å². The van der Waals surface area contributed by atoms with Crippen LogP contribution in [-0.2, 0) is 22.7 Å². The first kappa shape index (κ1) is 17.6. The number of hydrogen-bond donors (Lipinski definition) is 0. The Balaban J connectivity index is 1.44. The largest absolute Gasteiger partial charge is 0.458 e. The van der Waals surface area contributed by atoms with Gasteiger partial charge in [-0.25, -0.2) is 4.98 Å². The van der Waals surface area contributed by atoms with Crippen molar-refractivity contribution in [3.63, 3.8) is 0 Å². The Morgan fingerprint density at radius 3 is 3.00 bits per heavy atom. The summed E-state index contributed by atoms with van der Waals surface area (Å²) in [5.41, 5.74) is 1.18. The summed E-state index contributed by atoms with van der Waals surface area (Å²) in [6.45, 7) is 3.61. The van der Waals surface area contributed by atoms with E-state index >= 15 is 0 Å². The van der Waals surface area contributed by atoms with Crippen molar-refractivity contribution in [2.75, 3.05) is 0 Å². The molecule has 9 heteroatoms. The molecular formula is C18H15N3O4S2. The van der Waals surface area contributed by atoms with Crippen LogP contribution in [0.2, 0.25) is 0 Å². The number of ether oxygens (including phenoxy) is 1. The Labute approximate surface area is 161 Å². The van der Waals surface area contributed by atoms with Gasteiger partial charge in [0.1, 0.15) is 23.7 Å². The third-order valence-electron chi connectivity index (χ3n) is 4.16. The molecule has 0 amide bonds. The first-order chi connectivity index (χ1) is 13.0. The lowest BCUT2D eigenvalue weighted by Gasteiger charge is -2.05. The predicted octanol–water partition coefficient (Wildman–Crippen LogP) is 3.53. The molecule has 138 valence electrons. The molecule has 0 bridgehead atoms. The second kappa shape index (κ2) is 7.09. The lowest BCUT2D eigenvalue weighted by atomic mass is 10.2. The number of aryl methyl sites for hydroxylation is 2. The maximum absolute atomic E-state index is 12.6. The fraction of sp³-hybridized carbons (Fsp3) is 0.222. The van der Waals surface area contributed by atoms with Crippen LogP contribution in [-0.4, -0.2) is 20.7 Å². The first-order valence-corrected chi connectivity index (χ1v) is 9.83. The molecule has 0 radical (unpaired) electrons. The smallest absolute Gasteiger partial charge is 0.326 e. The van der Waals surface area contributed by atoms with Crippen LogP contribution < -0.4 is 5.56 Å². The van der Waals surface area contributed by atoms with E-state index in [0.717, 1.165) is 15.3 Å². The Bertz CT molecular complexity index is 1170. The highest BCUT2D eigenvalue weighted by atomic mass is 32.1. The normalized spacial score (nSPS) is 11.2. The second-order valence-corrected chi connectivity index (χ2v) is 8.11. The minimum absolute atomic E-state index is 0.0191. The molecule has 0 saturated carbocycles. The molecule has 0 unspecified atom stereocenters. The van der Waals surface area contributed by atoms with E-state index in [2.05, 4.69) is 10.1 Å². The van der Waals surface area contributed by atoms with Gasteiger partial charge in [-0.3, -0.25) is 14.2 Å². The van der Waals surface area contributed by atoms with Crippen LogP contribution in [0.25, 0.3) is 20.9 Å². The van der Waals surface area contributed by atoms with Gasteiger partial charge in [0.2, 0.25) is 0 Å². The number of carbonyl (C=O) groups is 1. The van der Waals surface area contributed by atoms with Gasteiger partial charge in [-0.05, 0) is 30.9 Å². The van der Waals surface area contributed by atoms with E-state index < -0.39 is 5.97 Å². The van der Waals surface area contributed by atoms with Crippen molar-refractivity contribution in [1.29, 1.82) is 0 Å². The molecule has 4 aromatic rings. The number of carbonyl (C=O) groups excluding carboxylic acids is 1. The summed E-state index contributed by atoms with van der Waals surface area (Å²) in [6, 6.07) is 5.57. The fourth-order valence-corrected chi connectivity index (χ4v) is 4.30. The second-order valence-electron chi connectivity index (χ2n) is 5.96. The molecule has 4 rings (SSSR count). The quantitative estimate of drug-likeness (QED) is 0.476. The van der Waals surface area contributed by atoms with E-state index in [-0.39, 0.29) is 18.7 Å². The molecule has 0 spiro atoms. The van der Waals surface area contributed by atoms with Crippen molar-refractivity contribution >= 4 is 38.9 Å². The Morgan fingerprint density at radius 2 is 2.22 bits per heavy atom. The van der Waals surface area contributed by atoms with E-state index in [4.69, 9.17) is 9.26 Å². The summed E-state index contributed by atoms with van der Waals surface area (Å²) in [5.74, 6) is 0.0914. The Hall–Kier alpha value is -2.78. The number of nitrogens with zero attached hydrogens (tertiary/aromatic N) is 3. The van der Waals surface area contributed by atoms with E-state index in [1.165, 1.54) is 33.6 Å². The van der Waals surface area contributed by atoms with Gasteiger partial charge in [0.25, 0.3) is 5.56 Å². The maximum Gasteiger partial charge on any atom is 0.326 e. The topological polar surface area (TPSA) is 87.2 Å². The average molecular weight is 401 g/mol. The van der Waals surface area contributed by atoms with Gasteiger partial charge in [-0.1, -0.05) is 11.2 Å². The Morgan fingerprint density at radius 1 is 1.37 bits per heavy atom. The van der Waals surface area contributed by atoms with E-state index in [1.807, 2.05) is 31.4 Å². The highest BCUT2D eigenvalue weighted by molar-refractivity contribution is 7.18. The number of esters is 1. The zero-order valence-corrected chi connectivity index (χ0v) is 16.2. The summed E-state index contributed by atoms with van der Waals surface area (Å²) in [6.07, 6.45) is 1.38. The molecule has 0 N–H and O–H groups in total. The lowest BCUT2D eigenvalue weighted by Crippen LogP contribution is -2.25. The molecule has 27 heavy (non-hydrogen) atoms.